The number of carbonyl (C=O) groups excluding carboxylic acids is 1. The average Bonchev–Trinajstić information content (AvgIpc) is 2.47. The maximum atomic E-state index is 12.1. The van der Waals surface area contributed by atoms with Crippen LogP contribution in [0.2, 0.25) is 5.02 Å². The van der Waals surface area contributed by atoms with Crippen LogP contribution in [0.4, 0.5) is 11.4 Å². The van der Waals surface area contributed by atoms with Crippen molar-refractivity contribution in [2.45, 2.75) is 6.54 Å². The lowest BCUT2D eigenvalue weighted by molar-refractivity contribution is -0.383. The quantitative estimate of drug-likeness (QED) is 0.650. The molecule has 120 valence electrons. The van der Waals surface area contributed by atoms with Gasteiger partial charge in [0, 0.05) is 17.6 Å². The molecule has 0 atom stereocenters. The predicted octanol–water partition coefficient (Wildman–Crippen LogP) is 3.32. The summed E-state index contributed by atoms with van der Waals surface area (Å²) in [4.78, 5) is 24.3. The van der Waals surface area contributed by atoms with E-state index >= 15 is 0 Å². The van der Waals surface area contributed by atoms with Crippen LogP contribution in [0.25, 0.3) is 0 Å². The third kappa shape index (κ3) is 5.05. The molecule has 0 radical (unpaired) electrons. The van der Waals surface area contributed by atoms with Gasteiger partial charge < -0.3 is 5.32 Å². The second-order valence-corrected chi connectivity index (χ2v) is 5.56. The Bertz CT molecular complexity index is 707. The molecular formula is C16H16ClN3O3. The van der Waals surface area contributed by atoms with E-state index in [1.807, 2.05) is 35.2 Å². The van der Waals surface area contributed by atoms with Crippen molar-refractivity contribution in [2.24, 2.45) is 0 Å². The molecule has 0 spiro atoms. The van der Waals surface area contributed by atoms with Crippen molar-refractivity contribution < 1.29 is 9.72 Å². The molecule has 0 aliphatic rings. The molecule has 2 rings (SSSR count). The van der Waals surface area contributed by atoms with Crippen LogP contribution in [-0.4, -0.2) is 29.3 Å². The highest BCUT2D eigenvalue weighted by molar-refractivity contribution is 6.31. The molecule has 2 aromatic rings. The van der Waals surface area contributed by atoms with Crippen molar-refractivity contribution in [3.63, 3.8) is 0 Å². The number of carbonyl (C=O) groups is 1. The number of hydrogen-bond donors (Lipinski definition) is 1. The topological polar surface area (TPSA) is 75.5 Å². The van der Waals surface area contributed by atoms with E-state index in [1.165, 1.54) is 18.2 Å². The number of nitro benzene ring substituents is 1. The first-order chi connectivity index (χ1) is 11.0. The minimum atomic E-state index is -0.556. The number of nitrogens with one attached hydrogen (secondary N) is 1. The number of likely N-dealkylation sites (N-methyl/N-ethyl adjacent to an activating group) is 1. The van der Waals surface area contributed by atoms with Gasteiger partial charge in [-0.15, -0.1) is 0 Å². The van der Waals surface area contributed by atoms with E-state index in [-0.39, 0.29) is 23.8 Å². The number of nitro groups is 1. The molecule has 1 amide bonds. The molecular weight excluding hydrogens is 318 g/mol. The number of benzene rings is 2. The van der Waals surface area contributed by atoms with Gasteiger partial charge in [-0.1, -0.05) is 41.9 Å². The van der Waals surface area contributed by atoms with Crippen LogP contribution in [0.5, 0.6) is 0 Å². The van der Waals surface area contributed by atoms with E-state index < -0.39 is 4.92 Å². The Morgan fingerprint density at radius 3 is 2.61 bits per heavy atom. The van der Waals surface area contributed by atoms with E-state index in [1.54, 1.807) is 7.05 Å². The zero-order chi connectivity index (χ0) is 16.8. The standard InChI is InChI=1S/C16H16ClN3O3/c1-19(10-12-5-3-2-4-6-12)11-16(21)18-14-9-13(17)7-8-15(14)20(22)23/h2-9H,10-11H2,1H3,(H,18,21). The zero-order valence-electron chi connectivity index (χ0n) is 12.5. The van der Waals surface area contributed by atoms with Crippen molar-refractivity contribution in [1.29, 1.82) is 0 Å². The predicted molar refractivity (Wildman–Crippen MR) is 89.5 cm³/mol. The van der Waals surface area contributed by atoms with Crippen molar-refractivity contribution in [2.75, 3.05) is 18.9 Å². The van der Waals surface area contributed by atoms with Crippen LogP contribution in [0.3, 0.4) is 0 Å². The highest BCUT2D eigenvalue weighted by atomic mass is 35.5. The highest BCUT2D eigenvalue weighted by Gasteiger charge is 2.17. The van der Waals surface area contributed by atoms with E-state index in [0.29, 0.717) is 11.6 Å². The zero-order valence-corrected chi connectivity index (χ0v) is 13.3. The van der Waals surface area contributed by atoms with Gasteiger partial charge in [-0.3, -0.25) is 19.8 Å². The molecule has 0 heterocycles. The van der Waals surface area contributed by atoms with E-state index in [2.05, 4.69) is 5.32 Å². The van der Waals surface area contributed by atoms with E-state index in [9.17, 15) is 14.9 Å². The summed E-state index contributed by atoms with van der Waals surface area (Å²) < 4.78 is 0. The van der Waals surface area contributed by atoms with E-state index in [0.717, 1.165) is 5.56 Å². The van der Waals surface area contributed by atoms with Crippen LogP contribution in [-0.2, 0) is 11.3 Å². The Morgan fingerprint density at radius 2 is 1.96 bits per heavy atom. The molecule has 6 nitrogen and oxygen atoms in total. The summed E-state index contributed by atoms with van der Waals surface area (Å²) in [6, 6.07) is 13.8. The van der Waals surface area contributed by atoms with Crippen LogP contribution < -0.4 is 5.32 Å². The summed E-state index contributed by atoms with van der Waals surface area (Å²) in [5.41, 5.74) is 0.991. The monoisotopic (exact) mass is 333 g/mol. The minimum absolute atomic E-state index is 0.0978. The minimum Gasteiger partial charge on any atom is -0.319 e. The van der Waals surface area contributed by atoms with Crippen molar-refractivity contribution in [3.05, 3.63) is 69.2 Å². The Labute approximate surface area is 138 Å². The smallest absolute Gasteiger partial charge is 0.292 e. The van der Waals surface area contributed by atoms with Crippen molar-refractivity contribution in [1.82, 2.24) is 4.90 Å². The molecule has 1 N–H and O–H groups in total. The third-order valence-corrected chi connectivity index (χ3v) is 3.37. The highest BCUT2D eigenvalue weighted by Crippen LogP contribution is 2.27. The number of anilines is 1. The summed E-state index contributed by atoms with van der Waals surface area (Å²) in [6.07, 6.45) is 0. The molecule has 0 fully saturated rings. The SMILES string of the molecule is CN(CC(=O)Nc1cc(Cl)ccc1[N+](=O)[O-])Cc1ccccc1. The lowest BCUT2D eigenvalue weighted by atomic mass is 10.2. The van der Waals surface area contributed by atoms with Crippen molar-refractivity contribution >= 4 is 28.9 Å². The first-order valence-corrected chi connectivity index (χ1v) is 7.30. The Kier molecular flexibility index (Phi) is 5.67. The summed E-state index contributed by atoms with van der Waals surface area (Å²) in [6.45, 7) is 0.713. The maximum absolute atomic E-state index is 12.1. The van der Waals surface area contributed by atoms with Gasteiger partial charge in [0.05, 0.1) is 11.5 Å². The van der Waals surface area contributed by atoms with Gasteiger partial charge >= 0.3 is 0 Å². The number of hydrogen-bond acceptors (Lipinski definition) is 4. The molecule has 7 heteroatoms. The number of rotatable bonds is 6. The van der Waals surface area contributed by atoms with Crippen molar-refractivity contribution in [3.8, 4) is 0 Å². The lowest BCUT2D eigenvalue weighted by Crippen LogP contribution is -2.30. The molecule has 0 saturated heterocycles. The molecule has 0 unspecified atom stereocenters. The Hall–Kier alpha value is -2.44. The van der Waals surface area contributed by atoms with Crippen LogP contribution in [0.1, 0.15) is 5.56 Å². The molecule has 0 bridgehead atoms. The fourth-order valence-electron chi connectivity index (χ4n) is 2.15. The fraction of sp³-hybridized carbons (Fsp3) is 0.188. The van der Waals surface area contributed by atoms with Crippen LogP contribution >= 0.6 is 11.6 Å². The second-order valence-electron chi connectivity index (χ2n) is 5.12. The number of amides is 1. The Balaban J connectivity index is 1.99. The molecule has 0 saturated carbocycles. The third-order valence-electron chi connectivity index (χ3n) is 3.14. The summed E-state index contributed by atoms with van der Waals surface area (Å²) >= 11 is 5.83. The Morgan fingerprint density at radius 1 is 1.26 bits per heavy atom. The molecule has 23 heavy (non-hydrogen) atoms. The van der Waals surface area contributed by atoms with Gasteiger partial charge in [0.15, 0.2) is 0 Å². The second kappa shape index (κ2) is 7.71. The van der Waals surface area contributed by atoms with Gasteiger partial charge in [0.1, 0.15) is 5.69 Å². The average molecular weight is 334 g/mol. The largest absolute Gasteiger partial charge is 0.319 e. The first-order valence-electron chi connectivity index (χ1n) is 6.92. The van der Waals surface area contributed by atoms with E-state index in [4.69, 9.17) is 11.6 Å². The van der Waals surface area contributed by atoms with Gasteiger partial charge in [0.2, 0.25) is 5.91 Å². The molecule has 0 aromatic heterocycles. The molecule has 0 aliphatic carbocycles. The normalized spacial score (nSPS) is 10.6. The summed E-state index contributed by atoms with van der Waals surface area (Å²) in [5, 5.41) is 13.8. The van der Waals surface area contributed by atoms with Gasteiger partial charge in [-0.05, 0) is 24.7 Å². The number of halogens is 1. The molecule has 2 aromatic carbocycles. The van der Waals surface area contributed by atoms with Crippen LogP contribution in [0, 0.1) is 10.1 Å². The lowest BCUT2D eigenvalue weighted by Gasteiger charge is -2.16. The first kappa shape index (κ1) is 16.9. The summed E-state index contributed by atoms with van der Waals surface area (Å²) in [5.74, 6) is -0.339. The fourth-order valence-corrected chi connectivity index (χ4v) is 2.33. The maximum Gasteiger partial charge on any atom is 0.292 e. The number of nitrogens with zero attached hydrogens (tertiary/aromatic N) is 2. The summed E-state index contributed by atoms with van der Waals surface area (Å²) in [7, 11) is 1.80. The van der Waals surface area contributed by atoms with Crippen LogP contribution in [0.15, 0.2) is 48.5 Å². The molecule has 0 aliphatic heterocycles. The van der Waals surface area contributed by atoms with Gasteiger partial charge in [-0.2, -0.15) is 0 Å². The van der Waals surface area contributed by atoms with Gasteiger partial charge in [0.25, 0.3) is 5.69 Å². The van der Waals surface area contributed by atoms with Gasteiger partial charge in [-0.25, -0.2) is 0 Å².